The number of aromatic carboxylic acids is 1. The Hall–Kier alpha value is -2.11. The second-order valence-electron chi connectivity index (χ2n) is 5.74. The zero-order valence-corrected chi connectivity index (χ0v) is 12.4. The maximum absolute atomic E-state index is 11.5. The molecule has 0 saturated carbocycles. The van der Waals surface area contributed by atoms with Gasteiger partial charge in [0.25, 0.3) is 0 Å². The first kappa shape index (κ1) is 13.9. The van der Waals surface area contributed by atoms with Crippen molar-refractivity contribution in [1.82, 2.24) is 19.6 Å². The molecule has 6 heteroatoms. The summed E-state index contributed by atoms with van der Waals surface area (Å²) in [4.78, 5) is 11.5. The molecule has 21 heavy (non-hydrogen) atoms. The molecule has 1 aliphatic carbocycles. The summed E-state index contributed by atoms with van der Waals surface area (Å²) in [6, 6.07) is 1.86. The second kappa shape index (κ2) is 5.35. The molecule has 0 fully saturated rings. The smallest absolute Gasteiger partial charge is 0.356 e. The van der Waals surface area contributed by atoms with Crippen LogP contribution in [0.15, 0.2) is 12.3 Å². The molecule has 0 amide bonds. The van der Waals surface area contributed by atoms with Gasteiger partial charge in [-0.2, -0.15) is 10.2 Å². The fourth-order valence-electron chi connectivity index (χ4n) is 3.22. The minimum absolute atomic E-state index is 0.191. The van der Waals surface area contributed by atoms with Crippen LogP contribution in [0.1, 0.15) is 47.9 Å². The van der Waals surface area contributed by atoms with Crippen molar-refractivity contribution in [2.75, 3.05) is 0 Å². The number of carboxylic acids is 1. The highest BCUT2D eigenvalue weighted by Gasteiger charge is 2.29. The number of aryl methyl sites for hydroxylation is 1. The van der Waals surface area contributed by atoms with Crippen LogP contribution < -0.4 is 0 Å². The number of carboxylic acid groups (broad SMARTS) is 1. The summed E-state index contributed by atoms with van der Waals surface area (Å²) in [7, 11) is 1.84. The maximum atomic E-state index is 11.5. The largest absolute Gasteiger partial charge is 0.476 e. The van der Waals surface area contributed by atoms with E-state index in [9.17, 15) is 9.90 Å². The lowest BCUT2D eigenvalue weighted by atomic mass is 9.84. The first-order chi connectivity index (χ1) is 10.1. The van der Waals surface area contributed by atoms with Gasteiger partial charge in [0.15, 0.2) is 11.5 Å². The van der Waals surface area contributed by atoms with Crippen molar-refractivity contribution in [2.45, 2.75) is 39.0 Å². The molecular weight excluding hydrogens is 268 g/mol. The summed E-state index contributed by atoms with van der Waals surface area (Å²) in [5, 5.41) is 18.1. The molecular formula is C15H20N4O2. The molecule has 1 atom stereocenters. The van der Waals surface area contributed by atoms with Gasteiger partial charge >= 0.3 is 5.97 Å². The van der Waals surface area contributed by atoms with E-state index >= 15 is 0 Å². The molecule has 2 heterocycles. The molecule has 0 spiro atoms. The summed E-state index contributed by atoms with van der Waals surface area (Å²) < 4.78 is 3.41. The minimum Gasteiger partial charge on any atom is -0.476 e. The fraction of sp³-hybridized carbons (Fsp3) is 0.533. The van der Waals surface area contributed by atoms with Crippen molar-refractivity contribution in [3.8, 4) is 5.82 Å². The van der Waals surface area contributed by atoms with Crippen LogP contribution in [0.25, 0.3) is 5.82 Å². The number of nitrogens with zero attached hydrogens (tertiary/aromatic N) is 4. The van der Waals surface area contributed by atoms with Crippen LogP contribution in [-0.2, 0) is 19.9 Å². The quantitative estimate of drug-likeness (QED) is 0.936. The minimum atomic E-state index is -0.946. The van der Waals surface area contributed by atoms with Crippen LogP contribution in [0.2, 0.25) is 0 Å². The lowest BCUT2D eigenvalue weighted by Gasteiger charge is -2.22. The van der Waals surface area contributed by atoms with Crippen LogP contribution in [0.3, 0.4) is 0 Å². The third-order valence-corrected chi connectivity index (χ3v) is 4.19. The summed E-state index contributed by atoms with van der Waals surface area (Å²) in [5.74, 6) is 0.315. The van der Waals surface area contributed by atoms with Gasteiger partial charge in [0, 0.05) is 24.9 Å². The Morgan fingerprint density at radius 1 is 1.48 bits per heavy atom. The van der Waals surface area contributed by atoms with Gasteiger partial charge in [0.05, 0.1) is 5.69 Å². The first-order valence-electron chi connectivity index (χ1n) is 7.44. The van der Waals surface area contributed by atoms with Crippen molar-refractivity contribution in [1.29, 1.82) is 0 Å². The van der Waals surface area contributed by atoms with Crippen LogP contribution in [0.5, 0.6) is 0 Å². The van der Waals surface area contributed by atoms with Crippen molar-refractivity contribution < 1.29 is 9.90 Å². The summed E-state index contributed by atoms with van der Waals surface area (Å²) in [6.07, 6.45) is 6.91. The molecule has 1 unspecified atom stereocenters. The fourth-order valence-corrected chi connectivity index (χ4v) is 3.22. The van der Waals surface area contributed by atoms with E-state index in [0.717, 1.165) is 43.4 Å². The molecule has 0 bridgehead atoms. The highest BCUT2D eigenvalue weighted by Crippen LogP contribution is 2.31. The van der Waals surface area contributed by atoms with Gasteiger partial charge in [0.1, 0.15) is 0 Å². The molecule has 1 aliphatic rings. The number of hydrogen-bond donors (Lipinski definition) is 1. The number of carbonyl (C=O) groups is 1. The van der Waals surface area contributed by atoms with Crippen LogP contribution >= 0.6 is 0 Å². The zero-order chi connectivity index (χ0) is 15.0. The van der Waals surface area contributed by atoms with Crippen molar-refractivity contribution in [3.05, 3.63) is 29.2 Å². The molecule has 2 aromatic rings. The van der Waals surface area contributed by atoms with Crippen LogP contribution in [0, 0.1) is 5.92 Å². The normalized spacial score (nSPS) is 17.7. The SMILES string of the molecule is CCCC1CCc2c(c(C(=O)O)nn2-c2ccn(C)n2)C1. The van der Waals surface area contributed by atoms with Gasteiger partial charge in [-0.25, -0.2) is 9.48 Å². The Morgan fingerprint density at radius 3 is 2.90 bits per heavy atom. The molecule has 0 aromatic carbocycles. The molecule has 6 nitrogen and oxygen atoms in total. The van der Waals surface area contributed by atoms with Gasteiger partial charge in [-0.1, -0.05) is 19.8 Å². The summed E-state index contributed by atoms with van der Waals surface area (Å²) >= 11 is 0. The monoisotopic (exact) mass is 288 g/mol. The second-order valence-corrected chi connectivity index (χ2v) is 5.74. The van der Waals surface area contributed by atoms with E-state index in [0.29, 0.717) is 11.7 Å². The van der Waals surface area contributed by atoms with E-state index in [1.54, 1.807) is 9.36 Å². The Kier molecular flexibility index (Phi) is 3.53. The van der Waals surface area contributed by atoms with Gasteiger partial charge in [-0.3, -0.25) is 4.68 Å². The van der Waals surface area contributed by atoms with Crippen LogP contribution in [0.4, 0.5) is 0 Å². The molecule has 1 N–H and O–H groups in total. The Bertz CT molecular complexity index is 671. The first-order valence-corrected chi connectivity index (χ1v) is 7.44. The average Bonchev–Trinajstić information content (AvgIpc) is 3.02. The third kappa shape index (κ3) is 2.46. The number of aromatic nitrogens is 4. The van der Waals surface area contributed by atoms with Gasteiger partial charge in [0.2, 0.25) is 0 Å². The molecule has 112 valence electrons. The maximum Gasteiger partial charge on any atom is 0.356 e. The molecule has 0 aliphatic heterocycles. The standard InChI is InChI=1S/C15H20N4O2/c1-3-4-10-5-6-12-11(9-10)14(15(20)21)17-19(12)13-7-8-18(2)16-13/h7-8,10H,3-6,9H2,1-2H3,(H,20,21). The molecule has 0 saturated heterocycles. The van der Waals surface area contributed by atoms with Crippen molar-refractivity contribution >= 4 is 5.97 Å². The molecule has 0 radical (unpaired) electrons. The Balaban J connectivity index is 2.05. The van der Waals surface area contributed by atoms with E-state index in [2.05, 4.69) is 17.1 Å². The van der Waals surface area contributed by atoms with E-state index in [1.807, 2.05) is 19.3 Å². The topological polar surface area (TPSA) is 72.9 Å². The molecule has 3 rings (SSSR count). The number of hydrogen-bond acceptors (Lipinski definition) is 3. The summed E-state index contributed by atoms with van der Waals surface area (Å²) in [6.45, 7) is 2.17. The van der Waals surface area contributed by atoms with Gasteiger partial charge in [-0.15, -0.1) is 0 Å². The lowest BCUT2D eigenvalue weighted by Crippen LogP contribution is -2.17. The highest BCUT2D eigenvalue weighted by molar-refractivity contribution is 5.87. The Labute approximate surface area is 123 Å². The van der Waals surface area contributed by atoms with E-state index < -0.39 is 5.97 Å². The average molecular weight is 288 g/mol. The van der Waals surface area contributed by atoms with Crippen LogP contribution in [-0.4, -0.2) is 30.6 Å². The zero-order valence-electron chi connectivity index (χ0n) is 12.4. The van der Waals surface area contributed by atoms with Crippen molar-refractivity contribution in [2.24, 2.45) is 13.0 Å². The summed E-state index contributed by atoms with van der Waals surface area (Å²) in [5.41, 5.74) is 2.10. The predicted octanol–water partition coefficient (Wildman–Crippen LogP) is 2.21. The third-order valence-electron chi connectivity index (χ3n) is 4.19. The van der Waals surface area contributed by atoms with E-state index in [-0.39, 0.29) is 5.69 Å². The predicted molar refractivity (Wildman–Crippen MR) is 77.7 cm³/mol. The van der Waals surface area contributed by atoms with Crippen molar-refractivity contribution in [3.63, 3.8) is 0 Å². The molecule has 2 aromatic heterocycles. The van der Waals surface area contributed by atoms with E-state index in [4.69, 9.17) is 0 Å². The Morgan fingerprint density at radius 2 is 2.29 bits per heavy atom. The number of rotatable bonds is 4. The van der Waals surface area contributed by atoms with Gasteiger partial charge < -0.3 is 5.11 Å². The van der Waals surface area contributed by atoms with E-state index in [1.165, 1.54) is 0 Å². The lowest BCUT2D eigenvalue weighted by molar-refractivity contribution is 0.0688. The number of fused-ring (bicyclic) bond motifs is 1. The highest BCUT2D eigenvalue weighted by atomic mass is 16.4. The van der Waals surface area contributed by atoms with Gasteiger partial charge in [-0.05, 0) is 25.2 Å².